The number of benzene rings is 1. The van der Waals surface area contributed by atoms with E-state index < -0.39 is 16.6 Å². The van der Waals surface area contributed by atoms with Gasteiger partial charge in [-0.1, -0.05) is 6.07 Å². The van der Waals surface area contributed by atoms with Crippen LogP contribution in [-0.2, 0) is 16.0 Å². The molecule has 136 valence electrons. The predicted octanol–water partition coefficient (Wildman–Crippen LogP) is 2.79. The van der Waals surface area contributed by atoms with E-state index in [1.54, 1.807) is 31.7 Å². The molecule has 1 aliphatic heterocycles. The van der Waals surface area contributed by atoms with Gasteiger partial charge in [0.1, 0.15) is 5.60 Å². The fourth-order valence-electron chi connectivity index (χ4n) is 2.62. The second kappa shape index (κ2) is 7.50. The lowest BCUT2D eigenvalue weighted by atomic mass is 10.1. The van der Waals surface area contributed by atoms with E-state index >= 15 is 0 Å². The second-order valence-electron chi connectivity index (χ2n) is 6.90. The summed E-state index contributed by atoms with van der Waals surface area (Å²) in [5.41, 5.74) is 0.962. The number of alkyl carbamates (subject to hydrolysis) is 1. The van der Waals surface area contributed by atoms with Crippen molar-refractivity contribution in [1.29, 1.82) is 0 Å². The number of hydrogen-bond acceptors (Lipinski definition) is 5. The van der Waals surface area contributed by atoms with Gasteiger partial charge < -0.3 is 15.0 Å². The van der Waals surface area contributed by atoms with Crippen LogP contribution < -0.4 is 10.2 Å². The van der Waals surface area contributed by atoms with Crippen LogP contribution in [0, 0.1) is 10.1 Å². The number of carbonyl (C=O) groups is 2. The maximum absolute atomic E-state index is 12.4. The highest BCUT2D eigenvalue weighted by atomic mass is 16.6. The molecule has 0 atom stereocenters. The number of anilines is 1. The van der Waals surface area contributed by atoms with E-state index in [9.17, 15) is 19.7 Å². The van der Waals surface area contributed by atoms with Crippen molar-refractivity contribution in [3.05, 3.63) is 33.9 Å². The highest BCUT2D eigenvalue weighted by Crippen LogP contribution is 2.32. The van der Waals surface area contributed by atoms with Gasteiger partial charge >= 0.3 is 6.09 Å². The Bertz CT molecular complexity index is 681. The Kier molecular flexibility index (Phi) is 5.61. The molecule has 0 aliphatic carbocycles. The standard InChI is InChI=1S/C17H23N3O5/c1-17(2,3)25-16(22)18-9-4-5-15(21)19-10-8-12-6-7-13(20(23)24)11-14(12)19/h6-7,11H,4-5,8-10H2,1-3H3,(H,18,22). The molecule has 1 N–H and O–H groups in total. The number of rotatable bonds is 5. The van der Waals surface area contributed by atoms with Crippen molar-refractivity contribution in [2.75, 3.05) is 18.0 Å². The minimum Gasteiger partial charge on any atom is -0.444 e. The number of ether oxygens (including phenoxy) is 1. The molecule has 1 aromatic carbocycles. The lowest BCUT2D eigenvalue weighted by Gasteiger charge is -2.20. The van der Waals surface area contributed by atoms with Crippen LogP contribution in [0.5, 0.6) is 0 Å². The molecular weight excluding hydrogens is 326 g/mol. The number of non-ortho nitro benzene ring substituents is 1. The van der Waals surface area contributed by atoms with Crippen molar-refractivity contribution in [1.82, 2.24) is 5.32 Å². The van der Waals surface area contributed by atoms with Crippen LogP contribution in [0.15, 0.2) is 18.2 Å². The number of fused-ring (bicyclic) bond motifs is 1. The van der Waals surface area contributed by atoms with Crippen LogP contribution in [0.4, 0.5) is 16.2 Å². The first-order chi connectivity index (χ1) is 11.7. The molecule has 1 aliphatic rings. The zero-order chi connectivity index (χ0) is 18.6. The monoisotopic (exact) mass is 349 g/mol. The summed E-state index contributed by atoms with van der Waals surface area (Å²) in [7, 11) is 0. The number of nitrogens with one attached hydrogen (secondary N) is 1. The average Bonchev–Trinajstić information content (AvgIpc) is 2.92. The van der Waals surface area contributed by atoms with Crippen LogP contribution >= 0.6 is 0 Å². The van der Waals surface area contributed by atoms with E-state index in [-0.39, 0.29) is 18.0 Å². The first-order valence-corrected chi connectivity index (χ1v) is 8.22. The number of nitrogens with zero attached hydrogens (tertiary/aromatic N) is 2. The highest BCUT2D eigenvalue weighted by Gasteiger charge is 2.26. The molecule has 25 heavy (non-hydrogen) atoms. The summed E-state index contributed by atoms with van der Waals surface area (Å²) in [6.07, 6.45) is 0.897. The second-order valence-corrected chi connectivity index (χ2v) is 6.90. The Balaban J connectivity index is 1.84. The van der Waals surface area contributed by atoms with Gasteiger partial charge in [0.2, 0.25) is 5.91 Å². The molecule has 2 amide bonds. The van der Waals surface area contributed by atoms with Crippen molar-refractivity contribution < 1.29 is 19.2 Å². The molecule has 0 unspecified atom stereocenters. The first-order valence-electron chi connectivity index (χ1n) is 8.22. The molecule has 8 heteroatoms. The Labute approximate surface area is 146 Å². The lowest BCUT2D eigenvalue weighted by Crippen LogP contribution is -2.34. The van der Waals surface area contributed by atoms with Gasteiger partial charge in [-0.05, 0) is 39.2 Å². The van der Waals surface area contributed by atoms with Crippen molar-refractivity contribution >= 4 is 23.4 Å². The summed E-state index contributed by atoms with van der Waals surface area (Å²) in [5, 5.41) is 13.5. The molecule has 2 rings (SSSR count). The van der Waals surface area contributed by atoms with Gasteiger partial charge in [0.15, 0.2) is 0 Å². The highest BCUT2D eigenvalue weighted by molar-refractivity contribution is 5.95. The van der Waals surface area contributed by atoms with Gasteiger partial charge in [0.05, 0.1) is 10.6 Å². The largest absolute Gasteiger partial charge is 0.444 e. The van der Waals surface area contributed by atoms with Crippen LogP contribution in [0.2, 0.25) is 0 Å². The normalized spacial score (nSPS) is 13.3. The summed E-state index contributed by atoms with van der Waals surface area (Å²) in [6, 6.07) is 4.60. The fraction of sp³-hybridized carbons (Fsp3) is 0.529. The Morgan fingerprint density at radius 3 is 2.72 bits per heavy atom. The molecule has 0 radical (unpaired) electrons. The third kappa shape index (κ3) is 5.17. The summed E-state index contributed by atoms with van der Waals surface area (Å²) in [5.74, 6) is -0.106. The maximum atomic E-state index is 12.4. The number of nitro groups is 1. The number of carbonyl (C=O) groups excluding carboxylic acids is 2. The van der Waals surface area contributed by atoms with Crippen LogP contribution in [-0.4, -0.2) is 35.6 Å². The molecular formula is C17H23N3O5. The van der Waals surface area contributed by atoms with Crippen LogP contribution in [0.3, 0.4) is 0 Å². The summed E-state index contributed by atoms with van der Waals surface area (Å²) in [4.78, 5) is 35.9. The first kappa shape index (κ1) is 18.7. The Morgan fingerprint density at radius 1 is 1.36 bits per heavy atom. The van der Waals surface area contributed by atoms with Crippen molar-refractivity contribution in [3.63, 3.8) is 0 Å². The Hall–Kier alpha value is -2.64. The lowest BCUT2D eigenvalue weighted by molar-refractivity contribution is -0.384. The zero-order valence-electron chi connectivity index (χ0n) is 14.7. The van der Waals surface area contributed by atoms with Crippen molar-refractivity contribution in [3.8, 4) is 0 Å². The predicted molar refractivity (Wildman–Crippen MR) is 92.6 cm³/mol. The quantitative estimate of drug-likeness (QED) is 0.500. The van der Waals surface area contributed by atoms with Gasteiger partial charge in [-0.2, -0.15) is 0 Å². The molecule has 1 heterocycles. The summed E-state index contributed by atoms with van der Waals surface area (Å²) in [6.45, 7) is 6.19. The third-order valence-electron chi connectivity index (χ3n) is 3.71. The van der Waals surface area contributed by atoms with Gasteiger partial charge in [-0.25, -0.2) is 4.79 Å². The average molecular weight is 349 g/mol. The van der Waals surface area contributed by atoms with Gasteiger partial charge in [0, 0.05) is 31.6 Å². The SMILES string of the molecule is CC(C)(C)OC(=O)NCCCC(=O)N1CCc2ccc([N+](=O)[O-])cc21. The van der Waals surface area contributed by atoms with E-state index in [1.807, 2.05) is 0 Å². The molecule has 0 fully saturated rings. The third-order valence-corrected chi connectivity index (χ3v) is 3.71. The van der Waals surface area contributed by atoms with Crippen molar-refractivity contribution in [2.24, 2.45) is 0 Å². The topological polar surface area (TPSA) is 102 Å². The van der Waals surface area contributed by atoms with E-state index in [4.69, 9.17) is 4.74 Å². The van der Waals surface area contributed by atoms with E-state index in [0.717, 1.165) is 5.56 Å². The number of hydrogen-bond donors (Lipinski definition) is 1. The Morgan fingerprint density at radius 2 is 2.08 bits per heavy atom. The van der Waals surface area contributed by atoms with Gasteiger partial charge in [-0.15, -0.1) is 0 Å². The van der Waals surface area contributed by atoms with E-state index in [2.05, 4.69) is 5.32 Å². The molecule has 0 saturated heterocycles. The van der Waals surface area contributed by atoms with E-state index in [1.165, 1.54) is 12.1 Å². The summed E-state index contributed by atoms with van der Waals surface area (Å²) >= 11 is 0. The maximum Gasteiger partial charge on any atom is 0.407 e. The molecule has 0 spiro atoms. The smallest absolute Gasteiger partial charge is 0.407 e. The molecule has 0 aromatic heterocycles. The molecule has 8 nitrogen and oxygen atoms in total. The number of nitro benzene ring substituents is 1. The van der Waals surface area contributed by atoms with E-state index in [0.29, 0.717) is 31.6 Å². The molecule has 0 saturated carbocycles. The van der Waals surface area contributed by atoms with Crippen molar-refractivity contribution in [2.45, 2.75) is 45.6 Å². The fourth-order valence-corrected chi connectivity index (χ4v) is 2.62. The minimum absolute atomic E-state index is 0.0231. The van der Waals surface area contributed by atoms with Crippen LogP contribution in [0.25, 0.3) is 0 Å². The number of amides is 2. The molecule has 1 aromatic rings. The molecule has 0 bridgehead atoms. The van der Waals surface area contributed by atoms with Crippen LogP contribution in [0.1, 0.15) is 39.2 Å². The minimum atomic E-state index is -0.562. The summed E-state index contributed by atoms with van der Waals surface area (Å²) < 4.78 is 5.12. The van der Waals surface area contributed by atoms with Gasteiger partial charge in [-0.3, -0.25) is 14.9 Å². The van der Waals surface area contributed by atoms with Gasteiger partial charge in [0.25, 0.3) is 5.69 Å². The zero-order valence-corrected chi connectivity index (χ0v) is 14.7.